The maximum atomic E-state index is 12.9. The van der Waals surface area contributed by atoms with Crippen molar-refractivity contribution in [3.63, 3.8) is 0 Å². The van der Waals surface area contributed by atoms with Crippen LogP contribution in [0, 0.1) is 20.8 Å². The van der Waals surface area contributed by atoms with E-state index in [0.29, 0.717) is 0 Å². The summed E-state index contributed by atoms with van der Waals surface area (Å²) in [5.41, 5.74) is 4.66. The van der Waals surface area contributed by atoms with Gasteiger partial charge in [0.1, 0.15) is 5.75 Å². The summed E-state index contributed by atoms with van der Waals surface area (Å²) in [5.74, 6) is 0.885. The predicted molar refractivity (Wildman–Crippen MR) is 119 cm³/mol. The van der Waals surface area contributed by atoms with E-state index in [2.05, 4.69) is 49.1 Å². The standard InChI is InChI=1S/C25H32N2O2/c1-19-17-20(2)21(3)24(18-19)29-22(4)25(28)27-15-13-26(14-16-27)12-8-11-23-9-6-5-7-10-23/h5-11,17-18,22H,12-16H2,1-4H3/b11-8+/t22-/m0/s1. The Morgan fingerprint density at radius 1 is 1.07 bits per heavy atom. The van der Waals surface area contributed by atoms with Crippen molar-refractivity contribution >= 4 is 12.0 Å². The summed E-state index contributed by atoms with van der Waals surface area (Å²) in [6.45, 7) is 12.2. The molecular formula is C25H32N2O2. The topological polar surface area (TPSA) is 32.8 Å². The first-order valence-corrected chi connectivity index (χ1v) is 10.4. The SMILES string of the molecule is Cc1cc(C)c(C)c(O[C@@H](C)C(=O)N2CCN(C/C=C/c3ccccc3)CC2)c1. The van der Waals surface area contributed by atoms with Crippen molar-refractivity contribution in [1.82, 2.24) is 9.80 Å². The van der Waals surface area contributed by atoms with Crippen molar-refractivity contribution in [1.29, 1.82) is 0 Å². The molecule has 1 fully saturated rings. The van der Waals surface area contributed by atoms with E-state index in [4.69, 9.17) is 4.74 Å². The highest BCUT2D eigenvalue weighted by molar-refractivity contribution is 5.81. The zero-order valence-electron chi connectivity index (χ0n) is 18.0. The van der Waals surface area contributed by atoms with Gasteiger partial charge in [0.15, 0.2) is 6.10 Å². The number of hydrogen-bond acceptors (Lipinski definition) is 3. The second-order valence-electron chi connectivity index (χ2n) is 7.90. The molecule has 2 aromatic carbocycles. The molecule has 0 aromatic heterocycles. The highest BCUT2D eigenvalue weighted by atomic mass is 16.5. The van der Waals surface area contributed by atoms with Gasteiger partial charge in [-0.15, -0.1) is 0 Å². The zero-order valence-corrected chi connectivity index (χ0v) is 18.0. The molecule has 1 aliphatic heterocycles. The maximum Gasteiger partial charge on any atom is 0.263 e. The summed E-state index contributed by atoms with van der Waals surface area (Å²) in [6, 6.07) is 14.5. The number of nitrogens with zero attached hydrogens (tertiary/aromatic N) is 2. The van der Waals surface area contributed by atoms with Crippen LogP contribution >= 0.6 is 0 Å². The summed E-state index contributed by atoms with van der Waals surface area (Å²) >= 11 is 0. The minimum Gasteiger partial charge on any atom is -0.481 e. The number of hydrogen-bond donors (Lipinski definition) is 0. The molecule has 3 rings (SSSR count). The molecule has 1 saturated heterocycles. The molecule has 4 nitrogen and oxygen atoms in total. The molecule has 0 N–H and O–H groups in total. The van der Waals surface area contributed by atoms with Crippen molar-refractivity contribution in [2.75, 3.05) is 32.7 Å². The van der Waals surface area contributed by atoms with Crippen LogP contribution in [0.3, 0.4) is 0 Å². The van der Waals surface area contributed by atoms with E-state index in [0.717, 1.165) is 49.6 Å². The van der Waals surface area contributed by atoms with Crippen molar-refractivity contribution in [3.8, 4) is 5.75 Å². The van der Waals surface area contributed by atoms with Gasteiger partial charge in [0.25, 0.3) is 5.91 Å². The molecule has 0 aliphatic carbocycles. The van der Waals surface area contributed by atoms with Crippen LogP contribution in [0.15, 0.2) is 48.5 Å². The van der Waals surface area contributed by atoms with E-state index in [1.807, 2.05) is 43.0 Å². The van der Waals surface area contributed by atoms with Crippen LogP contribution in [0.4, 0.5) is 0 Å². The Morgan fingerprint density at radius 2 is 1.76 bits per heavy atom. The smallest absolute Gasteiger partial charge is 0.263 e. The van der Waals surface area contributed by atoms with E-state index in [1.54, 1.807) is 0 Å². The first-order valence-electron chi connectivity index (χ1n) is 10.4. The average Bonchev–Trinajstić information content (AvgIpc) is 2.72. The average molecular weight is 393 g/mol. The molecule has 0 radical (unpaired) electrons. The van der Waals surface area contributed by atoms with E-state index in [9.17, 15) is 4.79 Å². The number of ether oxygens (including phenoxy) is 1. The Morgan fingerprint density at radius 3 is 2.45 bits per heavy atom. The molecule has 0 unspecified atom stereocenters. The van der Waals surface area contributed by atoms with Gasteiger partial charge in [-0.1, -0.05) is 48.6 Å². The van der Waals surface area contributed by atoms with Crippen LogP contribution < -0.4 is 4.74 Å². The third kappa shape index (κ3) is 5.70. The lowest BCUT2D eigenvalue weighted by molar-refractivity contribution is -0.139. The lowest BCUT2D eigenvalue weighted by Gasteiger charge is -2.35. The monoisotopic (exact) mass is 392 g/mol. The van der Waals surface area contributed by atoms with Crippen LogP contribution in [0.25, 0.3) is 6.08 Å². The van der Waals surface area contributed by atoms with Crippen LogP contribution in [-0.2, 0) is 4.79 Å². The molecule has 4 heteroatoms. The van der Waals surface area contributed by atoms with Gasteiger partial charge >= 0.3 is 0 Å². The van der Waals surface area contributed by atoms with E-state index in [1.165, 1.54) is 11.1 Å². The lowest BCUT2D eigenvalue weighted by Crippen LogP contribution is -2.51. The summed E-state index contributed by atoms with van der Waals surface area (Å²) < 4.78 is 6.05. The van der Waals surface area contributed by atoms with E-state index in [-0.39, 0.29) is 5.91 Å². The molecule has 1 amide bonds. The lowest BCUT2D eigenvalue weighted by atomic mass is 10.1. The quantitative estimate of drug-likeness (QED) is 0.737. The second-order valence-corrected chi connectivity index (χ2v) is 7.90. The molecule has 0 bridgehead atoms. The molecule has 1 aliphatic rings. The van der Waals surface area contributed by atoms with Gasteiger partial charge in [-0.3, -0.25) is 9.69 Å². The number of amides is 1. The number of carbonyl (C=O) groups is 1. The van der Waals surface area contributed by atoms with Gasteiger partial charge in [0.2, 0.25) is 0 Å². The number of piperazine rings is 1. The van der Waals surface area contributed by atoms with Crippen LogP contribution in [-0.4, -0.2) is 54.5 Å². The fraction of sp³-hybridized carbons (Fsp3) is 0.400. The highest BCUT2D eigenvalue weighted by Gasteiger charge is 2.26. The Hall–Kier alpha value is -2.59. The van der Waals surface area contributed by atoms with Gasteiger partial charge in [-0.05, 0) is 56.0 Å². The molecule has 2 aromatic rings. The summed E-state index contributed by atoms with van der Waals surface area (Å²) in [7, 11) is 0. The van der Waals surface area contributed by atoms with Crippen molar-refractivity contribution in [2.45, 2.75) is 33.8 Å². The van der Waals surface area contributed by atoms with Crippen molar-refractivity contribution < 1.29 is 9.53 Å². The minimum absolute atomic E-state index is 0.0723. The molecular weight excluding hydrogens is 360 g/mol. The largest absolute Gasteiger partial charge is 0.481 e. The molecule has 154 valence electrons. The van der Waals surface area contributed by atoms with Gasteiger partial charge < -0.3 is 9.64 Å². The van der Waals surface area contributed by atoms with Crippen molar-refractivity contribution in [2.24, 2.45) is 0 Å². The number of benzene rings is 2. The Bertz CT molecular complexity index is 853. The fourth-order valence-corrected chi connectivity index (χ4v) is 3.67. The minimum atomic E-state index is -0.473. The van der Waals surface area contributed by atoms with Crippen LogP contribution in [0.1, 0.15) is 29.2 Å². The van der Waals surface area contributed by atoms with Crippen molar-refractivity contribution in [3.05, 3.63) is 70.8 Å². The summed E-state index contributed by atoms with van der Waals surface area (Å²) in [5, 5.41) is 0. The molecule has 29 heavy (non-hydrogen) atoms. The van der Waals surface area contributed by atoms with Crippen LogP contribution in [0.2, 0.25) is 0 Å². The Labute approximate surface area is 174 Å². The Balaban J connectivity index is 1.49. The predicted octanol–water partition coefficient (Wildman–Crippen LogP) is 4.24. The third-order valence-electron chi connectivity index (χ3n) is 5.57. The van der Waals surface area contributed by atoms with Gasteiger partial charge in [-0.25, -0.2) is 0 Å². The normalized spacial score (nSPS) is 16.2. The van der Waals surface area contributed by atoms with E-state index < -0.39 is 6.10 Å². The number of rotatable bonds is 6. The first-order chi connectivity index (χ1) is 13.9. The molecule has 1 heterocycles. The first kappa shape index (κ1) is 21.1. The fourth-order valence-electron chi connectivity index (χ4n) is 3.67. The molecule has 0 spiro atoms. The zero-order chi connectivity index (χ0) is 20.8. The van der Waals surface area contributed by atoms with Gasteiger partial charge in [0.05, 0.1) is 0 Å². The summed E-state index contributed by atoms with van der Waals surface area (Å²) in [6.07, 6.45) is 3.88. The second kappa shape index (κ2) is 9.75. The third-order valence-corrected chi connectivity index (χ3v) is 5.57. The number of carbonyl (C=O) groups excluding carboxylic acids is 1. The van der Waals surface area contributed by atoms with Gasteiger partial charge in [-0.2, -0.15) is 0 Å². The van der Waals surface area contributed by atoms with Gasteiger partial charge in [0, 0.05) is 32.7 Å². The molecule has 1 atom stereocenters. The molecule has 0 saturated carbocycles. The highest BCUT2D eigenvalue weighted by Crippen LogP contribution is 2.24. The maximum absolute atomic E-state index is 12.9. The van der Waals surface area contributed by atoms with Crippen LogP contribution in [0.5, 0.6) is 5.75 Å². The number of aryl methyl sites for hydroxylation is 2. The Kier molecular flexibility index (Phi) is 7.10. The van der Waals surface area contributed by atoms with E-state index >= 15 is 0 Å². The summed E-state index contributed by atoms with van der Waals surface area (Å²) in [4.78, 5) is 17.2.